The molecule has 0 spiro atoms. The first kappa shape index (κ1) is 16.8. The molecule has 0 unspecified atom stereocenters. The molecule has 2 amide bonds. The lowest BCUT2D eigenvalue weighted by Crippen LogP contribution is -2.35. The van der Waals surface area contributed by atoms with Crippen LogP contribution in [0.3, 0.4) is 0 Å². The Hall–Kier alpha value is -2.28. The van der Waals surface area contributed by atoms with E-state index in [2.05, 4.69) is 15.4 Å². The van der Waals surface area contributed by atoms with Gasteiger partial charge in [-0.2, -0.15) is 0 Å². The molecule has 0 aliphatic heterocycles. The fourth-order valence-corrected chi connectivity index (χ4v) is 1.39. The SMILES string of the molecule is CCOC(=O)C(=O)NCCOC(=O)Nc1ccc(Cl)cc1. The Morgan fingerprint density at radius 2 is 1.81 bits per heavy atom. The molecule has 8 heteroatoms. The van der Waals surface area contributed by atoms with Crippen LogP contribution in [0.1, 0.15) is 6.92 Å². The van der Waals surface area contributed by atoms with Crippen LogP contribution >= 0.6 is 11.6 Å². The highest BCUT2D eigenvalue weighted by atomic mass is 35.5. The average Bonchev–Trinajstić information content (AvgIpc) is 2.46. The minimum Gasteiger partial charge on any atom is -0.459 e. The summed E-state index contributed by atoms with van der Waals surface area (Å²) in [6.07, 6.45) is -0.678. The van der Waals surface area contributed by atoms with E-state index in [4.69, 9.17) is 16.3 Å². The second-order valence-corrected chi connectivity index (χ2v) is 4.18. The number of carbonyl (C=O) groups is 3. The normalized spacial score (nSPS) is 9.62. The molecule has 1 rings (SSSR count). The van der Waals surface area contributed by atoms with Crippen LogP contribution in [0, 0.1) is 0 Å². The van der Waals surface area contributed by atoms with Crippen LogP contribution < -0.4 is 10.6 Å². The number of anilines is 1. The zero-order valence-electron chi connectivity index (χ0n) is 11.3. The maximum Gasteiger partial charge on any atom is 0.411 e. The van der Waals surface area contributed by atoms with Gasteiger partial charge in [0.1, 0.15) is 6.61 Å². The summed E-state index contributed by atoms with van der Waals surface area (Å²) in [6.45, 7) is 1.64. The zero-order chi connectivity index (χ0) is 15.7. The third-order valence-electron chi connectivity index (χ3n) is 2.17. The number of amides is 2. The molecule has 1 aromatic rings. The van der Waals surface area contributed by atoms with Crippen molar-refractivity contribution in [3.05, 3.63) is 29.3 Å². The fraction of sp³-hybridized carbons (Fsp3) is 0.308. The van der Waals surface area contributed by atoms with Crippen LogP contribution in [0.4, 0.5) is 10.5 Å². The largest absolute Gasteiger partial charge is 0.459 e. The van der Waals surface area contributed by atoms with Crippen molar-refractivity contribution in [1.29, 1.82) is 0 Å². The summed E-state index contributed by atoms with van der Waals surface area (Å²) < 4.78 is 9.31. The van der Waals surface area contributed by atoms with Crippen LogP contribution in [0.25, 0.3) is 0 Å². The molecule has 0 aromatic heterocycles. The topological polar surface area (TPSA) is 93.7 Å². The van der Waals surface area contributed by atoms with Gasteiger partial charge in [-0.05, 0) is 31.2 Å². The average molecular weight is 315 g/mol. The second kappa shape index (κ2) is 8.80. The van der Waals surface area contributed by atoms with Crippen molar-refractivity contribution in [3.63, 3.8) is 0 Å². The lowest BCUT2D eigenvalue weighted by molar-refractivity contribution is -0.154. The van der Waals surface area contributed by atoms with Gasteiger partial charge >= 0.3 is 18.0 Å². The Morgan fingerprint density at radius 3 is 2.43 bits per heavy atom. The predicted octanol–water partition coefficient (Wildman–Crippen LogP) is 1.57. The molecule has 0 radical (unpaired) electrons. The van der Waals surface area contributed by atoms with E-state index in [0.717, 1.165) is 0 Å². The molecule has 0 saturated heterocycles. The van der Waals surface area contributed by atoms with Crippen molar-refractivity contribution in [3.8, 4) is 0 Å². The van der Waals surface area contributed by atoms with Crippen molar-refractivity contribution in [2.75, 3.05) is 25.1 Å². The second-order valence-electron chi connectivity index (χ2n) is 3.74. The van der Waals surface area contributed by atoms with E-state index in [9.17, 15) is 14.4 Å². The quantitative estimate of drug-likeness (QED) is 0.489. The molecule has 0 aliphatic carbocycles. The van der Waals surface area contributed by atoms with Crippen LogP contribution in [-0.2, 0) is 19.1 Å². The first-order chi connectivity index (χ1) is 10.0. The molecular weight excluding hydrogens is 300 g/mol. The maximum atomic E-state index is 11.4. The molecule has 21 heavy (non-hydrogen) atoms. The van der Waals surface area contributed by atoms with Crippen LogP contribution in [-0.4, -0.2) is 37.7 Å². The third-order valence-corrected chi connectivity index (χ3v) is 2.42. The smallest absolute Gasteiger partial charge is 0.411 e. The Kier molecular flexibility index (Phi) is 7.03. The fourth-order valence-electron chi connectivity index (χ4n) is 1.26. The van der Waals surface area contributed by atoms with Crippen molar-refractivity contribution >= 4 is 35.3 Å². The standard InChI is InChI=1S/C13H15ClN2O5/c1-2-20-12(18)11(17)15-7-8-21-13(19)16-10-5-3-9(14)4-6-10/h3-6H,2,7-8H2,1H3,(H,15,17)(H,16,19). The molecular formula is C13H15ClN2O5. The maximum absolute atomic E-state index is 11.4. The van der Waals surface area contributed by atoms with Crippen molar-refractivity contribution in [2.45, 2.75) is 6.92 Å². The molecule has 0 fully saturated rings. The molecule has 0 heterocycles. The summed E-state index contributed by atoms with van der Waals surface area (Å²) in [5, 5.41) is 5.29. The number of esters is 1. The summed E-state index contributed by atoms with van der Waals surface area (Å²) in [4.78, 5) is 33.5. The summed E-state index contributed by atoms with van der Waals surface area (Å²) >= 11 is 5.71. The van der Waals surface area contributed by atoms with Crippen LogP contribution in [0.15, 0.2) is 24.3 Å². The first-order valence-corrected chi connectivity index (χ1v) is 6.55. The van der Waals surface area contributed by atoms with E-state index in [-0.39, 0.29) is 19.8 Å². The molecule has 0 saturated carbocycles. The number of hydrogen-bond donors (Lipinski definition) is 2. The number of hydrogen-bond acceptors (Lipinski definition) is 5. The Morgan fingerprint density at radius 1 is 1.14 bits per heavy atom. The van der Waals surface area contributed by atoms with E-state index >= 15 is 0 Å². The van der Waals surface area contributed by atoms with Crippen LogP contribution in [0.5, 0.6) is 0 Å². The van der Waals surface area contributed by atoms with Crippen molar-refractivity contribution < 1.29 is 23.9 Å². The lowest BCUT2D eigenvalue weighted by atomic mass is 10.3. The number of carbonyl (C=O) groups excluding carboxylic acids is 3. The van der Waals surface area contributed by atoms with Gasteiger partial charge in [-0.15, -0.1) is 0 Å². The van der Waals surface area contributed by atoms with E-state index in [1.807, 2.05) is 0 Å². The minimum atomic E-state index is -0.969. The number of ether oxygens (including phenoxy) is 2. The third kappa shape index (κ3) is 6.62. The summed E-state index contributed by atoms with van der Waals surface area (Å²) in [5.74, 6) is -1.85. The number of nitrogens with one attached hydrogen (secondary N) is 2. The molecule has 0 aliphatic rings. The Labute approximate surface area is 126 Å². The Balaban J connectivity index is 2.20. The molecule has 0 atom stereocenters. The van der Waals surface area contributed by atoms with Gasteiger partial charge in [-0.25, -0.2) is 9.59 Å². The lowest BCUT2D eigenvalue weighted by Gasteiger charge is -2.07. The highest BCUT2D eigenvalue weighted by Gasteiger charge is 2.13. The van der Waals surface area contributed by atoms with E-state index in [0.29, 0.717) is 10.7 Å². The van der Waals surface area contributed by atoms with Gasteiger partial charge in [-0.3, -0.25) is 10.1 Å². The van der Waals surface area contributed by atoms with Crippen molar-refractivity contribution in [1.82, 2.24) is 5.32 Å². The summed E-state index contributed by atoms with van der Waals surface area (Å²) in [6, 6.07) is 6.48. The number of halogens is 1. The van der Waals surface area contributed by atoms with Gasteiger partial charge < -0.3 is 14.8 Å². The monoisotopic (exact) mass is 314 g/mol. The Bertz CT molecular complexity index is 504. The number of rotatable bonds is 5. The van der Waals surface area contributed by atoms with Gasteiger partial charge in [0, 0.05) is 10.7 Å². The summed E-state index contributed by atoms with van der Waals surface area (Å²) in [7, 11) is 0. The van der Waals surface area contributed by atoms with Gasteiger partial charge in [0.15, 0.2) is 0 Å². The van der Waals surface area contributed by atoms with E-state index in [1.165, 1.54) is 0 Å². The van der Waals surface area contributed by atoms with E-state index in [1.54, 1.807) is 31.2 Å². The first-order valence-electron chi connectivity index (χ1n) is 6.17. The van der Waals surface area contributed by atoms with Gasteiger partial charge in [0.05, 0.1) is 13.2 Å². The van der Waals surface area contributed by atoms with Gasteiger partial charge in [0.25, 0.3) is 0 Å². The van der Waals surface area contributed by atoms with Gasteiger partial charge in [-0.1, -0.05) is 11.6 Å². The highest BCUT2D eigenvalue weighted by molar-refractivity contribution is 6.32. The van der Waals surface area contributed by atoms with Crippen LogP contribution in [0.2, 0.25) is 5.02 Å². The van der Waals surface area contributed by atoms with E-state index < -0.39 is 18.0 Å². The minimum absolute atomic E-state index is 0.00564. The van der Waals surface area contributed by atoms with Crippen molar-refractivity contribution in [2.24, 2.45) is 0 Å². The molecule has 0 bridgehead atoms. The molecule has 7 nitrogen and oxygen atoms in total. The molecule has 2 N–H and O–H groups in total. The summed E-state index contributed by atoms with van der Waals surface area (Å²) in [5.41, 5.74) is 0.528. The number of benzene rings is 1. The molecule has 114 valence electrons. The highest BCUT2D eigenvalue weighted by Crippen LogP contribution is 2.13. The zero-order valence-corrected chi connectivity index (χ0v) is 12.1. The predicted molar refractivity (Wildman–Crippen MR) is 76.1 cm³/mol. The molecule has 1 aromatic carbocycles. The van der Waals surface area contributed by atoms with Gasteiger partial charge in [0.2, 0.25) is 0 Å².